The largest absolute Gasteiger partial charge is 0.463 e. The van der Waals surface area contributed by atoms with Crippen molar-refractivity contribution in [3.05, 3.63) is 48.6 Å². The van der Waals surface area contributed by atoms with Crippen LogP contribution in [0.4, 0.5) is 0 Å². The smallest absolute Gasteiger partial charge is 0.330 e. The van der Waals surface area contributed by atoms with E-state index in [1.165, 1.54) is 31.8 Å². The Morgan fingerprint density at radius 1 is 1.19 bits per heavy atom. The van der Waals surface area contributed by atoms with Gasteiger partial charge in [-0.2, -0.15) is 5.26 Å². The van der Waals surface area contributed by atoms with Crippen molar-refractivity contribution in [2.75, 3.05) is 6.61 Å². The van der Waals surface area contributed by atoms with E-state index in [0.717, 1.165) is 12.8 Å². The van der Waals surface area contributed by atoms with Crippen LogP contribution in [0.15, 0.2) is 43.0 Å². The number of nitrogens with zero attached hydrogens (tertiary/aromatic N) is 1. The summed E-state index contributed by atoms with van der Waals surface area (Å²) in [6.07, 6.45) is 8.47. The van der Waals surface area contributed by atoms with Gasteiger partial charge in [-0.05, 0) is 18.6 Å². The summed E-state index contributed by atoms with van der Waals surface area (Å²) in [5, 5.41) is 8.29. The SMILES string of the molecule is C=CC(=O)OCCCCCCCC.N#Cc1ccccc1. The molecule has 0 amide bonds. The molecule has 0 saturated heterocycles. The van der Waals surface area contributed by atoms with Crippen molar-refractivity contribution in [1.29, 1.82) is 5.26 Å². The second kappa shape index (κ2) is 14.3. The predicted molar refractivity (Wildman–Crippen MR) is 85.7 cm³/mol. The number of hydrogen-bond donors (Lipinski definition) is 0. The van der Waals surface area contributed by atoms with Crippen molar-refractivity contribution in [3.63, 3.8) is 0 Å². The van der Waals surface area contributed by atoms with Crippen molar-refractivity contribution in [2.24, 2.45) is 0 Å². The highest BCUT2D eigenvalue weighted by atomic mass is 16.5. The summed E-state index contributed by atoms with van der Waals surface area (Å²) < 4.78 is 4.84. The molecule has 114 valence electrons. The number of ether oxygens (including phenoxy) is 1. The van der Waals surface area contributed by atoms with Gasteiger partial charge in [0, 0.05) is 6.08 Å². The van der Waals surface area contributed by atoms with Gasteiger partial charge in [0.05, 0.1) is 18.2 Å². The Labute approximate surface area is 128 Å². The molecule has 0 atom stereocenters. The molecule has 1 rings (SSSR count). The van der Waals surface area contributed by atoms with Gasteiger partial charge >= 0.3 is 5.97 Å². The molecule has 0 spiro atoms. The molecule has 0 aliphatic rings. The fourth-order valence-electron chi connectivity index (χ4n) is 1.63. The summed E-state index contributed by atoms with van der Waals surface area (Å²) in [4.78, 5) is 10.6. The van der Waals surface area contributed by atoms with E-state index < -0.39 is 0 Å². The minimum absolute atomic E-state index is 0.312. The Kier molecular flexibility index (Phi) is 12.9. The van der Waals surface area contributed by atoms with E-state index in [0.29, 0.717) is 12.2 Å². The predicted octanol–water partition coefficient (Wildman–Crippen LogP) is 4.63. The van der Waals surface area contributed by atoms with E-state index in [-0.39, 0.29) is 5.97 Å². The Hall–Kier alpha value is -2.08. The van der Waals surface area contributed by atoms with Gasteiger partial charge in [-0.25, -0.2) is 4.79 Å². The van der Waals surface area contributed by atoms with Gasteiger partial charge in [0.25, 0.3) is 0 Å². The lowest BCUT2D eigenvalue weighted by Gasteiger charge is -2.01. The fourth-order valence-corrected chi connectivity index (χ4v) is 1.63. The van der Waals surface area contributed by atoms with Crippen LogP contribution in [0.1, 0.15) is 51.0 Å². The molecule has 0 radical (unpaired) electrons. The normalized spacial score (nSPS) is 8.95. The summed E-state index contributed by atoms with van der Waals surface area (Å²) in [6.45, 7) is 6.06. The molecule has 1 aromatic carbocycles. The number of unbranched alkanes of at least 4 members (excludes halogenated alkanes) is 5. The molecule has 0 heterocycles. The van der Waals surface area contributed by atoms with Crippen LogP contribution in [0, 0.1) is 11.3 Å². The van der Waals surface area contributed by atoms with Crippen LogP contribution in [0.25, 0.3) is 0 Å². The van der Waals surface area contributed by atoms with E-state index >= 15 is 0 Å². The molecule has 3 nitrogen and oxygen atoms in total. The Morgan fingerprint density at radius 3 is 2.33 bits per heavy atom. The van der Waals surface area contributed by atoms with Crippen molar-refractivity contribution in [3.8, 4) is 6.07 Å². The van der Waals surface area contributed by atoms with Gasteiger partial charge in [0.15, 0.2) is 0 Å². The van der Waals surface area contributed by atoms with Crippen LogP contribution in [0.3, 0.4) is 0 Å². The van der Waals surface area contributed by atoms with Gasteiger partial charge in [-0.1, -0.05) is 63.8 Å². The third-order valence-electron chi connectivity index (χ3n) is 2.81. The van der Waals surface area contributed by atoms with Gasteiger partial charge in [-0.15, -0.1) is 0 Å². The maximum atomic E-state index is 10.6. The van der Waals surface area contributed by atoms with Crippen LogP contribution < -0.4 is 0 Å². The maximum absolute atomic E-state index is 10.6. The number of carbonyl (C=O) groups is 1. The highest BCUT2D eigenvalue weighted by molar-refractivity contribution is 5.81. The average molecular weight is 287 g/mol. The van der Waals surface area contributed by atoms with Crippen LogP contribution in [0.2, 0.25) is 0 Å². The molecule has 21 heavy (non-hydrogen) atoms. The molecule has 0 unspecified atom stereocenters. The lowest BCUT2D eigenvalue weighted by molar-refractivity contribution is -0.137. The number of carbonyl (C=O) groups excluding carboxylic acids is 1. The van der Waals surface area contributed by atoms with E-state index in [1.54, 1.807) is 12.1 Å². The molecule has 1 aromatic rings. The number of esters is 1. The fraction of sp³-hybridized carbons (Fsp3) is 0.444. The lowest BCUT2D eigenvalue weighted by Crippen LogP contribution is -2.01. The summed E-state index contributed by atoms with van der Waals surface area (Å²) in [6, 6.07) is 11.2. The average Bonchev–Trinajstić information content (AvgIpc) is 2.55. The first-order valence-electron chi connectivity index (χ1n) is 7.49. The van der Waals surface area contributed by atoms with Gasteiger partial charge in [-0.3, -0.25) is 0 Å². The van der Waals surface area contributed by atoms with Crippen molar-refractivity contribution in [2.45, 2.75) is 45.4 Å². The Bertz CT molecular complexity index is 421. The topological polar surface area (TPSA) is 50.1 Å². The van der Waals surface area contributed by atoms with Crippen LogP contribution >= 0.6 is 0 Å². The standard InChI is InChI=1S/C11H20O2.C7H5N/c1-3-5-6-7-8-9-10-13-11(12)4-2;8-6-7-4-2-1-3-5-7/h4H,2-3,5-10H2,1H3;1-5H. The molecular weight excluding hydrogens is 262 g/mol. The molecule has 0 aromatic heterocycles. The third-order valence-corrected chi connectivity index (χ3v) is 2.81. The summed E-state index contributed by atoms with van der Waals surface area (Å²) >= 11 is 0. The number of rotatable bonds is 8. The van der Waals surface area contributed by atoms with Crippen LogP contribution in [-0.2, 0) is 9.53 Å². The number of hydrogen-bond acceptors (Lipinski definition) is 3. The summed E-state index contributed by atoms with van der Waals surface area (Å²) in [5.41, 5.74) is 0.715. The van der Waals surface area contributed by atoms with E-state index in [9.17, 15) is 4.79 Å². The molecule has 0 bridgehead atoms. The lowest BCUT2D eigenvalue weighted by atomic mass is 10.1. The zero-order valence-corrected chi connectivity index (χ0v) is 12.9. The second-order valence-corrected chi connectivity index (χ2v) is 4.62. The number of benzene rings is 1. The number of nitriles is 1. The Balaban J connectivity index is 0.000000423. The molecular formula is C18H25NO2. The van der Waals surface area contributed by atoms with Gasteiger partial charge < -0.3 is 4.74 Å². The third kappa shape index (κ3) is 12.7. The van der Waals surface area contributed by atoms with Gasteiger partial charge in [0.2, 0.25) is 0 Å². The molecule has 0 aliphatic carbocycles. The van der Waals surface area contributed by atoms with Crippen molar-refractivity contribution >= 4 is 5.97 Å². The van der Waals surface area contributed by atoms with Crippen LogP contribution in [-0.4, -0.2) is 12.6 Å². The second-order valence-electron chi connectivity index (χ2n) is 4.62. The first-order chi connectivity index (χ1) is 10.2. The molecule has 0 saturated carbocycles. The minimum atomic E-state index is -0.312. The maximum Gasteiger partial charge on any atom is 0.330 e. The molecule has 3 heteroatoms. The zero-order valence-electron chi connectivity index (χ0n) is 12.9. The minimum Gasteiger partial charge on any atom is -0.463 e. The van der Waals surface area contributed by atoms with Crippen molar-refractivity contribution in [1.82, 2.24) is 0 Å². The summed E-state index contributed by atoms with van der Waals surface area (Å²) in [7, 11) is 0. The molecule has 0 N–H and O–H groups in total. The quantitative estimate of drug-likeness (QED) is 0.398. The van der Waals surface area contributed by atoms with Gasteiger partial charge in [0.1, 0.15) is 0 Å². The highest BCUT2D eigenvalue weighted by Crippen LogP contribution is 2.04. The first kappa shape index (κ1) is 18.9. The zero-order chi connectivity index (χ0) is 15.8. The molecule has 0 fully saturated rings. The van der Waals surface area contributed by atoms with Crippen LogP contribution in [0.5, 0.6) is 0 Å². The molecule has 0 aliphatic heterocycles. The van der Waals surface area contributed by atoms with Crippen molar-refractivity contribution < 1.29 is 9.53 Å². The van der Waals surface area contributed by atoms with E-state index in [1.807, 2.05) is 24.3 Å². The first-order valence-corrected chi connectivity index (χ1v) is 7.49. The van der Waals surface area contributed by atoms with E-state index in [4.69, 9.17) is 10.00 Å². The highest BCUT2D eigenvalue weighted by Gasteiger charge is 1.94. The Morgan fingerprint density at radius 2 is 1.81 bits per heavy atom. The summed E-state index contributed by atoms with van der Waals surface area (Å²) in [5.74, 6) is -0.312. The van der Waals surface area contributed by atoms with E-state index in [2.05, 4.69) is 13.5 Å². The monoisotopic (exact) mass is 287 g/mol.